The molecule has 4 heteroatoms. The van der Waals surface area contributed by atoms with E-state index in [9.17, 15) is 9.59 Å². The molecular formula is C21H20O4. The molecule has 0 saturated carbocycles. The molecule has 0 bridgehead atoms. The summed E-state index contributed by atoms with van der Waals surface area (Å²) in [4.78, 5) is 24.3. The Morgan fingerprint density at radius 1 is 1.00 bits per heavy atom. The van der Waals surface area contributed by atoms with Crippen LogP contribution in [0.15, 0.2) is 54.6 Å². The second kappa shape index (κ2) is 7.34. The van der Waals surface area contributed by atoms with Gasteiger partial charge in [0.1, 0.15) is 0 Å². The molecule has 1 aliphatic rings. The fourth-order valence-corrected chi connectivity index (χ4v) is 3.01. The van der Waals surface area contributed by atoms with Crippen LogP contribution in [-0.2, 0) is 14.3 Å². The molecule has 0 N–H and O–H groups in total. The number of fused-ring (bicyclic) bond motifs is 2. The monoisotopic (exact) mass is 336 g/mol. The van der Waals surface area contributed by atoms with Gasteiger partial charge in [-0.3, -0.25) is 0 Å². The highest BCUT2D eigenvalue weighted by Gasteiger charge is 2.31. The molecule has 1 heterocycles. The van der Waals surface area contributed by atoms with Gasteiger partial charge >= 0.3 is 11.9 Å². The molecule has 1 saturated heterocycles. The lowest BCUT2D eigenvalue weighted by Gasteiger charge is -2.13. The zero-order valence-corrected chi connectivity index (χ0v) is 14.3. The summed E-state index contributed by atoms with van der Waals surface area (Å²) in [5.74, 6) is -0.954. The summed E-state index contributed by atoms with van der Waals surface area (Å²) in [6, 6.07) is 17.4. The number of hydrogen-bond acceptors (Lipinski definition) is 4. The van der Waals surface area contributed by atoms with E-state index in [1.807, 2.05) is 68.4 Å². The Bertz CT molecular complexity index is 875. The maximum Gasteiger partial charge on any atom is 0.347 e. The number of carbonyl (C=O) groups is 2. The van der Waals surface area contributed by atoms with Gasteiger partial charge in [0.25, 0.3) is 0 Å². The molecule has 0 spiro atoms. The zero-order chi connectivity index (χ0) is 17.8. The van der Waals surface area contributed by atoms with Gasteiger partial charge in [-0.05, 0) is 27.6 Å². The summed E-state index contributed by atoms with van der Waals surface area (Å²) in [7, 11) is 0. The van der Waals surface area contributed by atoms with Crippen LogP contribution < -0.4 is 0 Å². The van der Waals surface area contributed by atoms with Gasteiger partial charge in [-0.2, -0.15) is 0 Å². The first-order valence-electron chi connectivity index (χ1n) is 8.52. The molecular weight excluding hydrogens is 316 g/mol. The Morgan fingerprint density at radius 2 is 1.56 bits per heavy atom. The van der Waals surface area contributed by atoms with E-state index in [2.05, 4.69) is 0 Å². The maximum absolute atomic E-state index is 12.7. The summed E-state index contributed by atoms with van der Waals surface area (Å²) in [6.07, 6.45) is -0.395. The van der Waals surface area contributed by atoms with E-state index in [0.29, 0.717) is 18.6 Å². The van der Waals surface area contributed by atoms with Crippen LogP contribution in [-0.4, -0.2) is 24.6 Å². The van der Waals surface area contributed by atoms with Crippen LogP contribution in [0.1, 0.15) is 30.6 Å². The first-order chi connectivity index (χ1) is 12.2. The number of esters is 2. The largest absolute Gasteiger partial charge is 0.463 e. The number of ether oxygens (including phenoxy) is 2. The van der Waals surface area contributed by atoms with Gasteiger partial charge in [-0.15, -0.1) is 0 Å². The van der Waals surface area contributed by atoms with E-state index in [0.717, 1.165) is 21.5 Å². The summed E-state index contributed by atoms with van der Waals surface area (Å²) in [5, 5.41) is 3.57. The summed E-state index contributed by atoms with van der Waals surface area (Å²) in [6.45, 7) is 4.30. The van der Waals surface area contributed by atoms with Crippen molar-refractivity contribution >= 4 is 33.5 Å². The fourth-order valence-electron chi connectivity index (χ4n) is 3.01. The lowest BCUT2D eigenvalue weighted by Crippen LogP contribution is -2.23. The number of cyclic esters (lactones) is 1. The van der Waals surface area contributed by atoms with E-state index < -0.39 is 18.0 Å². The fraction of sp³-hybridized carbons (Fsp3) is 0.238. The van der Waals surface area contributed by atoms with Crippen molar-refractivity contribution in [3.63, 3.8) is 0 Å². The molecule has 0 radical (unpaired) electrons. The average molecular weight is 336 g/mol. The number of carbonyl (C=O) groups excluding carboxylic acids is 2. The van der Waals surface area contributed by atoms with Crippen molar-refractivity contribution in [3.8, 4) is 0 Å². The molecule has 3 aromatic rings. The lowest BCUT2D eigenvalue weighted by atomic mass is 9.97. The third-order valence-electron chi connectivity index (χ3n) is 4.11. The summed E-state index contributed by atoms with van der Waals surface area (Å²) in [5.41, 5.74) is 0.499. The van der Waals surface area contributed by atoms with Crippen LogP contribution in [0.4, 0.5) is 0 Å². The predicted octanol–water partition coefficient (Wildman–Crippen LogP) is 4.49. The molecule has 1 aliphatic heterocycles. The molecule has 4 rings (SSSR count). The molecule has 128 valence electrons. The van der Waals surface area contributed by atoms with Crippen LogP contribution in [0.2, 0.25) is 0 Å². The molecule has 25 heavy (non-hydrogen) atoms. The van der Waals surface area contributed by atoms with Crippen molar-refractivity contribution in [1.29, 1.82) is 0 Å². The van der Waals surface area contributed by atoms with Crippen LogP contribution >= 0.6 is 0 Å². The first-order valence-corrected chi connectivity index (χ1v) is 8.52. The SMILES string of the molecule is CC.O=C(OC1CCOC1=O)c1c2ccccc2cc2ccccc12. The van der Waals surface area contributed by atoms with E-state index in [1.165, 1.54) is 0 Å². The standard InChI is InChI=1S/C19H14O4.C2H6/c20-18-16(9-10-22-18)23-19(21)17-14-7-3-1-5-12(14)11-13-6-2-4-8-15(13)17;1-2/h1-8,11,16H,9-10H2;1-2H3. The number of hydrogen-bond donors (Lipinski definition) is 0. The summed E-state index contributed by atoms with van der Waals surface area (Å²) >= 11 is 0. The minimum Gasteiger partial charge on any atom is -0.463 e. The van der Waals surface area contributed by atoms with Crippen molar-refractivity contribution in [2.45, 2.75) is 26.4 Å². The lowest BCUT2D eigenvalue weighted by molar-refractivity contribution is -0.145. The molecule has 3 aromatic carbocycles. The Kier molecular flexibility index (Phi) is 4.98. The molecule has 0 aliphatic carbocycles. The smallest absolute Gasteiger partial charge is 0.347 e. The maximum atomic E-state index is 12.7. The number of benzene rings is 3. The van der Waals surface area contributed by atoms with Crippen molar-refractivity contribution in [2.75, 3.05) is 6.61 Å². The Hall–Kier alpha value is -2.88. The summed E-state index contributed by atoms with van der Waals surface area (Å²) < 4.78 is 10.3. The Labute approximate surface area is 146 Å². The van der Waals surface area contributed by atoms with Crippen LogP contribution in [0.3, 0.4) is 0 Å². The van der Waals surface area contributed by atoms with Gasteiger partial charge in [0.15, 0.2) is 0 Å². The van der Waals surface area contributed by atoms with Crippen molar-refractivity contribution in [3.05, 3.63) is 60.2 Å². The highest BCUT2D eigenvalue weighted by Crippen LogP contribution is 2.29. The highest BCUT2D eigenvalue weighted by atomic mass is 16.6. The van der Waals surface area contributed by atoms with Gasteiger partial charge < -0.3 is 9.47 Å². The van der Waals surface area contributed by atoms with Gasteiger partial charge in [0, 0.05) is 6.42 Å². The molecule has 1 fully saturated rings. The Balaban J connectivity index is 0.000000880. The Morgan fingerprint density at radius 3 is 2.08 bits per heavy atom. The molecule has 0 amide bonds. The second-order valence-corrected chi connectivity index (χ2v) is 5.54. The predicted molar refractivity (Wildman–Crippen MR) is 97.6 cm³/mol. The molecule has 1 atom stereocenters. The molecule has 1 unspecified atom stereocenters. The van der Waals surface area contributed by atoms with Crippen molar-refractivity contribution < 1.29 is 19.1 Å². The van der Waals surface area contributed by atoms with Crippen LogP contribution in [0.25, 0.3) is 21.5 Å². The van der Waals surface area contributed by atoms with Gasteiger partial charge in [0.05, 0.1) is 12.2 Å². The molecule has 4 nitrogen and oxygen atoms in total. The van der Waals surface area contributed by atoms with Crippen LogP contribution in [0, 0.1) is 0 Å². The van der Waals surface area contributed by atoms with E-state index in [1.54, 1.807) is 0 Å². The quantitative estimate of drug-likeness (QED) is 0.511. The average Bonchev–Trinajstić information content (AvgIpc) is 3.05. The van der Waals surface area contributed by atoms with E-state index in [-0.39, 0.29) is 0 Å². The third-order valence-corrected chi connectivity index (χ3v) is 4.11. The van der Waals surface area contributed by atoms with Gasteiger partial charge in [-0.25, -0.2) is 9.59 Å². The van der Waals surface area contributed by atoms with Crippen LogP contribution in [0.5, 0.6) is 0 Å². The van der Waals surface area contributed by atoms with Crippen molar-refractivity contribution in [1.82, 2.24) is 0 Å². The van der Waals surface area contributed by atoms with E-state index in [4.69, 9.17) is 9.47 Å². The second-order valence-electron chi connectivity index (χ2n) is 5.54. The topological polar surface area (TPSA) is 52.6 Å². The minimum absolute atomic E-state index is 0.299. The minimum atomic E-state index is -0.805. The first kappa shape index (κ1) is 17.0. The van der Waals surface area contributed by atoms with E-state index >= 15 is 0 Å². The normalized spacial score (nSPS) is 16.2. The third kappa shape index (κ3) is 3.20. The highest BCUT2D eigenvalue weighted by molar-refractivity contribution is 6.16. The molecule has 0 aromatic heterocycles. The number of rotatable bonds is 2. The van der Waals surface area contributed by atoms with Gasteiger partial charge in [-0.1, -0.05) is 62.4 Å². The van der Waals surface area contributed by atoms with Gasteiger partial charge in [0.2, 0.25) is 6.10 Å². The van der Waals surface area contributed by atoms with Crippen molar-refractivity contribution in [2.24, 2.45) is 0 Å². The zero-order valence-electron chi connectivity index (χ0n) is 14.3.